The van der Waals surface area contributed by atoms with Crippen LogP contribution in [-0.4, -0.2) is 4.92 Å². The summed E-state index contributed by atoms with van der Waals surface area (Å²) < 4.78 is 5.23. The largest absolute Gasteiger partial charge is 0.422 e. The van der Waals surface area contributed by atoms with Crippen molar-refractivity contribution in [3.63, 3.8) is 0 Å². The van der Waals surface area contributed by atoms with E-state index in [1.165, 1.54) is 24.3 Å². The highest BCUT2D eigenvalue weighted by Crippen LogP contribution is 2.24. The zero-order chi connectivity index (χ0) is 15.0. The van der Waals surface area contributed by atoms with E-state index in [2.05, 4.69) is 0 Å². The summed E-state index contributed by atoms with van der Waals surface area (Å²) in [5.41, 5.74) is 0.789. The lowest BCUT2D eigenvalue weighted by atomic mass is 10.1. The quantitative estimate of drug-likeness (QED) is 0.407. The lowest BCUT2D eigenvalue weighted by Gasteiger charge is -2.03. The average molecular weight is 302 g/mol. The van der Waals surface area contributed by atoms with Crippen LogP contribution in [0.2, 0.25) is 5.02 Å². The number of halogens is 1. The van der Waals surface area contributed by atoms with Crippen LogP contribution in [0.15, 0.2) is 57.7 Å². The molecule has 0 spiro atoms. The van der Waals surface area contributed by atoms with Gasteiger partial charge >= 0.3 is 5.63 Å². The van der Waals surface area contributed by atoms with Crippen LogP contribution in [0.1, 0.15) is 0 Å². The second-order valence-corrected chi connectivity index (χ2v) is 4.87. The highest BCUT2D eigenvalue weighted by molar-refractivity contribution is 6.31. The Labute approximate surface area is 123 Å². The first-order chi connectivity index (χ1) is 10.0. The third kappa shape index (κ3) is 2.51. The molecular formula is C15H8ClNO4. The van der Waals surface area contributed by atoms with Gasteiger partial charge in [0, 0.05) is 22.5 Å². The minimum Gasteiger partial charge on any atom is -0.422 e. The molecule has 0 atom stereocenters. The molecule has 0 fully saturated rings. The van der Waals surface area contributed by atoms with E-state index in [0.29, 0.717) is 27.1 Å². The van der Waals surface area contributed by atoms with Crippen LogP contribution >= 0.6 is 11.6 Å². The number of rotatable bonds is 2. The maximum atomic E-state index is 12.0. The molecule has 0 N–H and O–H groups in total. The van der Waals surface area contributed by atoms with Gasteiger partial charge in [-0.2, -0.15) is 0 Å². The van der Waals surface area contributed by atoms with Gasteiger partial charge in [0.25, 0.3) is 5.69 Å². The maximum Gasteiger partial charge on any atom is 0.344 e. The van der Waals surface area contributed by atoms with Crippen molar-refractivity contribution in [3.05, 3.63) is 74.1 Å². The van der Waals surface area contributed by atoms with Crippen LogP contribution < -0.4 is 5.63 Å². The molecule has 6 heteroatoms. The second-order valence-electron chi connectivity index (χ2n) is 4.43. The van der Waals surface area contributed by atoms with Crippen molar-refractivity contribution in [2.24, 2.45) is 0 Å². The molecule has 0 unspecified atom stereocenters. The summed E-state index contributed by atoms with van der Waals surface area (Å²) in [6, 6.07) is 12.3. The second kappa shape index (κ2) is 5.03. The first-order valence-corrected chi connectivity index (χ1v) is 6.40. The standard InChI is InChI=1S/C15H8ClNO4/c16-11-3-6-14-10(7-11)8-13(15(18)21-14)9-1-4-12(5-2-9)17(19)20/h1-8H. The summed E-state index contributed by atoms with van der Waals surface area (Å²) in [5.74, 6) is 0. The lowest BCUT2D eigenvalue weighted by Crippen LogP contribution is -2.02. The molecule has 2 aromatic carbocycles. The molecule has 0 amide bonds. The van der Waals surface area contributed by atoms with Gasteiger partial charge in [-0.3, -0.25) is 10.1 Å². The van der Waals surface area contributed by atoms with Gasteiger partial charge in [0.05, 0.1) is 10.5 Å². The first-order valence-electron chi connectivity index (χ1n) is 6.03. The third-order valence-electron chi connectivity index (χ3n) is 3.08. The highest BCUT2D eigenvalue weighted by atomic mass is 35.5. The highest BCUT2D eigenvalue weighted by Gasteiger charge is 2.10. The van der Waals surface area contributed by atoms with Crippen LogP contribution in [0.25, 0.3) is 22.1 Å². The van der Waals surface area contributed by atoms with E-state index in [9.17, 15) is 14.9 Å². The van der Waals surface area contributed by atoms with Crippen molar-refractivity contribution in [3.8, 4) is 11.1 Å². The monoisotopic (exact) mass is 301 g/mol. The average Bonchev–Trinajstić information content (AvgIpc) is 2.47. The Balaban J connectivity index is 2.17. The van der Waals surface area contributed by atoms with Gasteiger partial charge < -0.3 is 4.42 Å². The van der Waals surface area contributed by atoms with Crippen molar-refractivity contribution in [1.29, 1.82) is 0 Å². The van der Waals surface area contributed by atoms with Crippen LogP contribution in [0.5, 0.6) is 0 Å². The summed E-state index contributed by atoms with van der Waals surface area (Å²) in [6.45, 7) is 0. The number of nitro benzene ring substituents is 1. The Bertz CT molecular complexity index is 900. The number of non-ortho nitro benzene ring substituents is 1. The predicted molar refractivity (Wildman–Crippen MR) is 79.6 cm³/mol. The van der Waals surface area contributed by atoms with E-state index < -0.39 is 10.5 Å². The van der Waals surface area contributed by atoms with Gasteiger partial charge in [-0.25, -0.2) is 4.79 Å². The van der Waals surface area contributed by atoms with Gasteiger partial charge in [-0.05, 0) is 42.0 Å². The SMILES string of the molecule is O=c1oc2ccc(Cl)cc2cc1-c1ccc([N+](=O)[O-])cc1. The van der Waals surface area contributed by atoms with Crippen molar-refractivity contribution >= 4 is 28.3 Å². The lowest BCUT2D eigenvalue weighted by molar-refractivity contribution is -0.384. The fraction of sp³-hybridized carbons (Fsp3) is 0. The summed E-state index contributed by atoms with van der Waals surface area (Å²) in [6.07, 6.45) is 0. The normalized spacial score (nSPS) is 10.7. The van der Waals surface area contributed by atoms with E-state index in [-0.39, 0.29) is 5.69 Å². The molecule has 104 valence electrons. The first kappa shape index (κ1) is 13.3. The Morgan fingerprint density at radius 2 is 1.76 bits per heavy atom. The summed E-state index contributed by atoms with van der Waals surface area (Å²) in [7, 11) is 0. The molecule has 3 rings (SSSR count). The van der Waals surface area contributed by atoms with Crippen LogP contribution in [0, 0.1) is 10.1 Å². The van der Waals surface area contributed by atoms with E-state index in [1.54, 1.807) is 24.3 Å². The number of fused-ring (bicyclic) bond motifs is 1. The molecule has 0 aliphatic rings. The number of nitrogens with zero attached hydrogens (tertiary/aromatic N) is 1. The topological polar surface area (TPSA) is 73.3 Å². The van der Waals surface area contributed by atoms with E-state index in [0.717, 1.165) is 0 Å². The minimum absolute atomic E-state index is 0.0352. The molecule has 21 heavy (non-hydrogen) atoms. The predicted octanol–water partition coefficient (Wildman–Crippen LogP) is 4.02. The van der Waals surface area contributed by atoms with Gasteiger partial charge in [0.15, 0.2) is 0 Å². The van der Waals surface area contributed by atoms with Crippen LogP contribution in [0.4, 0.5) is 5.69 Å². The zero-order valence-corrected chi connectivity index (χ0v) is 11.3. The smallest absolute Gasteiger partial charge is 0.344 e. The van der Waals surface area contributed by atoms with Crippen molar-refractivity contribution in [1.82, 2.24) is 0 Å². The molecule has 0 aliphatic heterocycles. The van der Waals surface area contributed by atoms with Crippen molar-refractivity contribution in [2.75, 3.05) is 0 Å². The molecular weight excluding hydrogens is 294 g/mol. The molecule has 0 saturated carbocycles. The molecule has 0 radical (unpaired) electrons. The Morgan fingerprint density at radius 3 is 2.43 bits per heavy atom. The summed E-state index contributed by atoms with van der Waals surface area (Å²) in [5, 5.41) is 11.9. The van der Waals surface area contributed by atoms with Gasteiger partial charge in [0.1, 0.15) is 5.58 Å². The number of benzene rings is 2. The van der Waals surface area contributed by atoms with Crippen molar-refractivity contribution in [2.45, 2.75) is 0 Å². The van der Waals surface area contributed by atoms with E-state index in [1.807, 2.05) is 0 Å². The number of nitro groups is 1. The van der Waals surface area contributed by atoms with E-state index in [4.69, 9.17) is 16.0 Å². The number of hydrogen-bond acceptors (Lipinski definition) is 4. The van der Waals surface area contributed by atoms with Crippen LogP contribution in [-0.2, 0) is 0 Å². The van der Waals surface area contributed by atoms with E-state index >= 15 is 0 Å². The molecule has 0 saturated heterocycles. The fourth-order valence-electron chi connectivity index (χ4n) is 2.06. The number of hydrogen-bond donors (Lipinski definition) is 0. The van der Waals surface area contributed by atoms with Crippen molar-refractivity contribution < 1.29 is 9.34 Å². The third-order valence-corrected chi connectivity index (χ3v) is 3.32. The molecule has 3 aromatic rings. The molecule has 5 nitrogen and oxygen atoms in total. The Morgan fingerprint density at radius 1 is 1.05 bits per heavy atom. The van der Waals surface area contributed by atoms with Gasteiger partial charge in [-0.1, -0.05) is 11.6 Å². The van der Waals surface area contributed by atoms with Crippen LogP contribution in [0.3, 0.4) is 0 Å². The fourth-order valence-corrected chi connectivity index (χ4v) is 2.24. The maximum absolute atomic E-state index is 12.0. The summed E-state index contributed by atoms with van der Waals surface area (Å²) in [4.78, 5) is 22.1. The Kier molecular flexibility index (Phi) is 3.19. The molecule has 1 aromatic heterocycles. The zero-order valence-electron chi connectivity index (χ0n) is 10.6. The molecule has 1 heterocycles. The molecule has 0 bridgehead atoms. The van der Waals surface area contributed by atoms with Gasteiger partial charge in [-0.15, -0.1) is 0 Å². The Hall–Kier alpha value is -2.66. The minimum atomic E-state index is -0.501. The van der Waals surface area contributed by atoms with Gasteiger partial charge in [0.2, 0.25) is 0 Å². The molecule has 0 aliphatic carbocycles. The summed E-state index contributed by atoms with van der Waals surface area (Å²) >= 11 is 5.92.